The highest BCUT2D eigenvalue weighted by molar-refractivity contribution is 5.85. The van der Waals surface area contributed by atoms with Gasteiger partial charge in [-0.15, -0.1) is 0 Å². The Hall–Kier alpha value is -2.69. The maximum Gasteiger partial charge on any atom is 0.326 e. The molecule has 0 aromatic rings. The molecule has 0 saturated heterocycles. The maximum absolute atomic E-state index is 10.4. The van der Waals surface area contributed by atoms with Crippen LogP contribution < -0.4 is 11.1 Å². The summed E-state index contributed by atoms with van der Waals surface area (Å²) in [5, 5.41) is 34.9. The number of amides is 1. The number of carbonyl (C=O) groups is 5. The van der Waals surface area contributed by atoms with E-state index in [1.165, 1.54) is 0 Å². The molecule has 0 heterocycles. The van der Waals surface area contributed by atoms with Gasteiger partial charge in [-0.05, 0) is 6.42 Å². The summed E-state index contributed by atoms with van der Waals surface area (Å²) in [5.41, 5.74) is 5.00. The molecule has 0 aliphatic carbocycles. The molecular formula is C11H18N2O9. The molecule has 0 fully saturated rings. The molecule has 11 heteroatoms. The van der Waals surface area contributed by atoms with Gasteiger partial charge in [0.2, 0.25) is 5.91 Å². The van der Waals surface area contributed by atoms with Crippen molar-refractivity contribution in [3.63, 3.8) is 0 Å². The summed E-state index contributed by atoms with van der Waals surface area (Å²) in [6.07, 6.45) is -0.840. The Morgan fingerprint density at radius 3 is 1.73 bits per heavy atom. The Morgan fingerprint density at radius 1 is 0.955 bits per heavy atom. The van der Waals surface area contributed by atoms with Crippen LogP contribution in [-0.2, 0) is 24.0 Å². The minimum atomic E-state index is -1.35. The van der Waals surface area contributed by atoms with Crippen molar-refractivity contribution in [3.8, 4) is 0 Å². The van der Waals surface area contributed by atoms with Gasteiger partial charge < -0.3 is 31.5 Å². The van der Waals surface area contributed by atoms with E-state index in [9.17, 15) is 24.0 Å². The monoisotopic (exact) mass is 322 g/mol. The zero-order valence-corrected chi connectivity index (χ0v) is 11.7. The highest BCUT2D eigenvalue weighted by Crippen LogP contribution is 1.93. The third-order valence-electron chi connectivity index (χ3n) is 2.04. The van der Waals surface area contributed by atoms with Crippen LogP contribution in [0, 0.1) is 0 Å². The van der Waals surface area contributed by atoms with Gasteiger partial charge in [-0.1, -0.05) is 0 Å². The summed E-state index contributed by atoms with van der Waals surface area (Å²) in [6, 6.07) is -2.41. The first-order valence-corrected chi connectivity index (χ1v) is 5.89. The molecule has 0 aromatic heterocycles. The number of carbonyl (C=O) groups excluding carboxylic acids is 1. The second-order valence-electron chi connectivity index (χ2n) is 4.07. The minimum Gasteiger partial charge on any atom is -0.481 e. The first-order chi connectivity index (χ1) is 9.97. The van der Waals surface area contributed by atoms with Gasteiger partial charge in [-0.2, -0.15) is 0 Å². The molecule has 0 bridgehead atoms. The molecule has 0 aliphatic heterocycles. The van der Waals surface area contributed by atoms with Crippen LogP contribution in [0.1, 0.15) is 26.2 Å². The largest absolute Gasteiger partial charge is 0.481 e. The maximum atomic E-state index is 10.4. The highest BCUT2D eigenvalue weighted by Gasteiger charge is 2.21. The highest BCUT2D eigenvalue weighted by atomic mass is 16.4. The topological polar surface area (TPSA) is 204 Å². The Labute approximate surface area is 124 Å². The Kier molecular flexibility index (Phi) is 10.8. The number of rotatable bonds is 8. The van der Waals surface area contributed by atoms with E-state index in [2.05, 4.69) is 0 Å². The Morgan fingerprint density at radius 2 is 1.45 bits per heavy atom. The molecule has 126 valence electrons. The van der Waals surface area contributed by atoms with Gasteiger partial charge in [0.1, 0.15) is 12.1 Å². The molecule has 1 amide bonds. The first kappa shape index (κ1) is 21.6. The van der Waals surface area contributed by atoms with Gasteiger partial charge in [0.05, 0.1) is 6.42 Å². The van der Waals surface area contributed by atoms with Gasteiger partial charge in [-0.25, -0.2) is 4.79 Å². The summed E-state index contributed by atoms with van der Waals surface area (Å²) in [5.74, 6) is -5.38. The number of carboxylic acids is 4. The van der Waals surface area contributed by atoms with Crippen LogP contribution in [0.5, 0.6) is 0 Å². The van der Waals surface area contributed by atoms with E-state index < -0.39 is 48.3 Å². The lowest BCUT2D eigenvalue weighted by atomic mass is 10.2. The predicted molar refractivity (Wildman–Crippen MR) is 70.0 cm³/mol. The van der Waals surface area contributed by atoms with E-state index in [1.807, 2.05) is 5.32 Å². The standard InChI is InChI=1S/C6H9NO5.C5H9NO4/c1-3(8)7-4(6(11)12)2-5(9)10;6-3(5(9)10)1-2-4(7)8/h4H,2H2,1H3,(H,7,8)(H,9,10)(H,11,12);3H,1-2,6H2,(H,7,8)(H,9,10)/t4-;3-/m00/s1. The molecule has 7 N–H and O–H groups in total. The van der Waals surface area contributed by atoms with Crippen molar-refractivity contribution in [2.75, 3.05) is 0 Å². The van der Waals surface area contributed by atoms with E-state index in [0.29, 0.717) is 0 Å². The summed E-state index contributed by atoms with van der Waals surface area (Å²) >= 11 is 0. The fourth-order valence-electron chi connectivity index (χ4n) is 1.02. The number of hydrogen-bond acceptors (Lipinski definition) is 6. The number of nitrogens with two attached hydrogens (primary N) is 1. The summed E-state index contributed by atoms with van der Waals surface area (Å²) in [4.78, 5) is 50.6. The smallest absolute Gasteiger partial charge is 0.326 e. The van der Waals surface area contributed by atoms with Crippen molar-refractivity contribution in [3.05, 3.63) is 0 Å². The van der Waals surface area contributed by atoms with Gasteiger partial charge in [-0.3, -0.25) is 19.2 Å². The second kappa shape index (κ2) is 11.0. The number of hydrogen-bond donors (Lipinski definition) is 6. The second-order valence-corrected chi connectivity index (χ2v) is 4.07. The molecule has 0 aliphatic rings. The van der Waals surface area contributed by atoms with Crippen molar-refractivity contribution in [2.24, 2.45) is 5.73 Å². The van der Waals surface area contributed by atoms with Crippen molar-refractivity contribution in [1.29, 1.82) is 0 Å². The third kappa shape index (κ3) is 13.7. The lowest BCUT2D eigenvalue weighted by Gasteiger charge is -2.09. The van der Waals surface area contributed by atoms with E-state index in [-0.39, 0.29) is 12.8 Å². The molecular weight excluding hydrogens is 304 g/mol. The summed E-state index contributed by atoms with van der Waals surface area (Å²) in [7, 11) is 0. The van der Waals surface area contributed by atoms with Gasteiger partial charge in [0, 0.05) is 13.3 Å². The molecule has 11 nitrogen and oxygen atoms in total. The van der Waals surface area contributed by atoms with Crippen LogP contribution in [0.3, 0.4) is 0 Å². The number of nitrogens with one attached hydrogen (secondary N) is 1. The average molecular weight is 322 g/mol. The molecule has 0 saturated carbocycles. The lowest BCUT2D eigenvalue weighted by molar-refractivity contribution is -0.147. The zero-order chi connectivity index (χ0) is 17.9. The van der Waals surface area contributed by atoms with Crippen molar-refractivity contribution >= 4 is 29.8 Å². The Bertz CT molecular complexity index is 419. The SMILES string of the molecule is CC(=O)N[C@@H](CC(=O)O)C(=O)O.N[C@@H](CCC(=O)O)C(=O)O. The van der Waals surface area contributed by atoms with Gasteiger partial charge in [0.15, 0.2) is 0 Å². The quantitative estimate of drug-likeness (QED) is 0.299. The molecule has 22 heavy (non-hydrogen) atoms. The van der Waals surface area contributed by atoms with Crippen molar-refractivity contribution in [2.45, 2.75) is 38.3 Å². The summed E-state index contributed by atoms with van der Waals surface area (Å²) in [6.45, 7) is 1.12. The molecule has 0 spiro atoms. The van der Waals surface area contributed by atoms with Crippen LogP contribution in [0.25, 0.3) is 0 Å². The average Bonchev–Trinajstić information content (AvgIpc) is 2.34. The molecule has 0 radical (unpaired) electrons. The van der Waals surface area contributed by atoms with E-state index in [0.717, 1.165) is 6.92 Å². The van der Waals surface area contributed by atoms with Crippen molar-refractivity contribution < 1.29 is 44.4 Å². The third-order valence-corrected chi connectivity index (χ3v) is 2.04. The molecule has 0 rings (SSSR count). The normalized spacial score (nSPS) is 12.1. The molecule has 2 atom stereocenters. The fourth-order valence-corrected chi connectivity index (χ4v) is 1.02. The Balaban J connectivity index is 0. The molecule has 0 unspecified atom stereocenters. The van der Waals surface area contributed by atoms with Crippen LogP contribution in [-0.4, -0.2) is 62.3 Å². The minimum absolute atomic E-state index is 0.0231. The lowest BCUT2D eigenvalue weighted by Crippen LogP contribution is -2.41. The van der Waals surface area contributed by atoms with E-state index in [4.69, 9.17) is 26.2 Å². The van der Waals surface area contributed by atoms with E-state index in [1.54, 1.807) is 0 Å². The predicted octanol–water partition coefficient (Wildman–Crippen LogP) is -1.69. The zero-order valence-electron chi connectivity index (χ0n) is 11.7. The van der Waals surface area contributed by atoms with Gasteiger partial charge >= 0.3 is 23.9 Å². The van der Waals surface area contributed by atoms with Crippen LogP contribution in [0.4, 0.5) is 0 Å². The number of carboxylic acid groups (broad SMARTS) is 4. The van der Waals surface area contributed by atoms with E-state index >= 15 is 0 Å². The number of aliphatic carboxylic acids is 4. The summed E-state index contributed by atoms with van der Waals surface area (Å²) < 4.78 is 0. The van der Waals surface area contributed by atoms with Crippen LogP contribution in [0.2, 0.25) is 0 Å². The first-order valence-electron chi connectivity index (χ1n) is 5.89. The van der Waals surface area contributed by atoms with Crippen LogP contribution >= 0.6 is 0 Å². The van der Waals surface area contributed by atoms with Crippen molar-refractivity contribution in [1.82, 2.24) is 5.32 Å². The van der Waals surface area contributed by atoms with Gasteiger partial charge in [0.25, 0.3) is 0 Å². The fraction of sp³-hybridized carbons (Fsp3) is 0.545. The molecule has 0 aromatic carbocycles. The van der Waals surface area contributed by atoms with Crippen LogP contribution in [0.15, 0.2) is 0 Å².